The summed E-state index contributed by atoms with van der Waals surface area (Å²) in [4.78, 5) is 30.7. The van der Waals surface area contributed by atoms with Crippen molar-refractivity contribution < 1.29 is 18.0 Å². The molecule has 252 valence electrons. The highest BCUT2D eigenvalue weighted by atomic mass is 79.9. The van der Waals surface area contributed by atoms with Crippen molar-refractivity contribution in [2.75, 3.05) is 10.8 Å². The zero-order valence-corrected chi connectivity index (χ0v) is 30.3. The van der Waals surface area contributed by atoms with E-state index < -0.39 is 28.5 Å². The summed E-state index contributed by atoms with van der Waals surface area (Å²) in [5.74, 6) is -0.695. The van der Waals surface area contributed by atoms with Crippen LogP contribution in [0.3, 0.4) is 0 Å². The summed E-state index contributed by atoms with van der Waals surface area (Å²) in [6, 6.07) is 28.6. The maximum absolute atomic E-state index is 14.8. The largest absolute Gasteiger partial charge is 0.352 e. The third-order valence-electron chi connectivity index (χ3n) is 8.97. The van der Waals surface area contributed by atoms with Gasteiger partial charge in [0.25, 0.3) is 10.0 Å². The summed E-state index contributed by atoms with van der Waals surface area (Å²) in [6.07, 6.45) is 5.34. The molecule has 9 heteroatoms. The highest BCUT2D eigenvalue weighted by Gasteiger charge is 2.36. The molecule has 48 heavy (non-hydrogen) atoms. The van der Waals surface area contributed by atoms with Crippen LogP contribution < -0.4 is 9.62 Å². The number of nitrogens with zero attached hydrogens (tertiary/aromatic N) is 2. The van der Waals surface area contributed by atoms with Gasteiger partial charge in [-0.1, -0.05) is 113 Å². The monoisotopic (exact) mass is 729 g/mol. The molecule has 0 spiro atoms. The van der Waals surface area contributed by atoms with E-state index in [1.807, 2.05) is 87.5 Å². The van der Waals surface area contributed by atoms with Crippen molar-refractivity contribution in [1.82, 2.24) is 10.2 Å². The quantitative estimate of drug-likeness (QED) is 0.162. The summed E-state index contributed by atoms with van der Waals surface area (Å²) in [5.41, 5.74) is 4.79. The van der Waals surface area contributed by atoms with Crippen molar-refractivity contribution in [2.45, 2.75) is 82.8 Å². The zero-order chi connectivity index (χ0) is 34.3. The summed E-state index contributed by atoms with van der Waals surface area (Å²) in [7, 11) is -4.16. The van der Waals surface area contributed by atoms with E-state index in [0.717, 1.165) is 64.4 Å². The molecule has 5 rings (SSSR count). The van der Waals surface area contributed by atoms with Crippen molar-refractivity contribution in [3.63, 3.8) is 0 Å². The first-order valence-electron chi connectivity index (χ1n) is 16.6. The minimum Gasteiger partial charge on any atom is -0.352 e. The number of hydrogen-bond donors (Lipinski definition) is 1. The summed E-state index contributed by atoms with van der Waals surface area (Å²) >= 11 is 3.55. The molecule has 0 bridgehead atoms. The summed E-state index contributed by atoms with van der Waals surface area (Å²) in [6.45, 7) is 5.33. The third kappa shape index (κ3) is 8.94. The van der Waals surface area contributed by atoms with Gasteiger partial charge in [-0.25, -0.2) is 8.42 Å². The molecule has 1 fully saturated rings. The summed E-state index contributed by atoms with van der Waals surface area (Å²) in [5, 5.41) is 3.26. The lowest BCUT2D eigenvalue weighted by molar-refractivity contribution is -0.140. The van der Waals surface area contributed by atoms with Crippen LogP contribution in [0.2, 0.25) is 0 Å². The fourth-order valence-electron chi connectivity index (χ4n) is 6.37. The highest BCUT2D eigenvalue weighted by molar-refractivity contribution is 9.10. The number of sulfonamides is 1. The molecule has 0 heterocycles. The van der Waals surface area contributed by atoms with E-state index in [1.54, 1.807) is 35.2 Å². The lowest BCUT2D eigenvalue weighted by Crippen LogP contribution is -2.55. The van der Waals surface area contributed by atoms with Gasteiger partial charge < -0.3 is 10.2 Å². The molecule has 0 saturated heterocycles. The second kappa shape index (κ2) is 16.0. The summed E-state index contributed by atoms with van der Waals surface area (Å²) < 4.78 is 30.8. The molecule has 4 aromatic carbocycles. The predicted molar refractivity (Wildman–Crippen MR) is 195 cm³/mol. The van der Waals surface area contributed by atoms with Crippen LogP contribution in [0.5, 0.6) is 0 Å². The van der Waals surface area contributed by atoms with Gasteiger partial charge in [-0.05, 0) is 80.6 Å². The van der Waals surface area contributed by atoms with Crippen molar-refractivity contribution in [1.29, 1.82) is 0 Å². The number of halogens is 1. The lowest BCUT2D eigenvalue weighted by Gasteiger charge is -2.35. The van der Waals surface area contributed by atoms with Crippen LogP contribution in [0.1, 0.15) is 59.9 Å². The van der Waals surface area contributed by atoms with Crippen LogP contribution in [-0.4, -0.2) is 43.8 Å². The number of carbonyl (C=O) groups excluding carboxylic acids is 2. The van der Waals surface area contributed by atoms with E-state index in [4.69, 9.17) is 0 Å². The molecular weight excluding hydrogens is 686 g/mol. The molecule has 7 nitrogen and oxygen atoms in total. The van der Waals surface area contributed by atoms with Crippen molar-refractivity contribution >= 4 is 43.5 Å². The van der Waals surface area contributed by atoms with Crippen LogP contribution in [0.15, 0.2) is 106 Å². The maximum Gasteiger partial charge on any atom is 0.264 e. The van der Waals surface area contributed by atoms with Crippen LogP contribution in [0, 0.1) is 20.8 Å². The molecule has 1 aliphatic carbocycles. The number of carbonyl (C=O) groups is 2. The molecule has 0 aliphatic heterocycles. The van der Waals surface area contributed by atoms with Gasteiger partial charge in [-0.15, -0.1) is 0 Å². The Balaban J connectivity index is 1.58. The molecule has 1 saturated carbocycles. The number of anilines is 1. The van der Waals surface area contributed by atoms with Gasteiger partial charge in [-0.3, -0.25) is 13.9 Å². The molecular formula is C39H44BrN3O4S. The Bertz CT molecular complexity index is 1820. The Hall–Kier alpha value is -3.95. The van der Waals surface area contributed by atoms with Gasteiger partial charge in [0.15, 0.2) is 0 Å². The number of benzene rings is 4. The second-order valence-corrected chi connectivity index (χ2v) is 15.6. The van der Waals surface area contributed by atoms with Crippen LogP contribution in [0.25, 0.3) is 0 Å². The number of hydrogen-bond acceptors (Lipinski definition) is 4. The standard InChI is InChI=1S/C39H44BrN3O4S/c1-28-17-20-35(21-18-28)48(46,47)43(36-22-19-29(2)23-30(36)3)27-38(44)42(26-32-13-10-14-33(40)24-32)37(25-31-11-6-4-7-12-31)39(45)41-34-15-8-5-9-16-34/h4,6-7,10-14,17-24,34,37H,5,8-9,15-16,25-27H2,1-3H3,(H,41,45). The number of rotatable bonds is 12. The van der Waals surface area contributed by atoms with Gasteiger partial charge in [0.05, 0.1) is 10.6 Å². The molecule has 0 aromatic heterocycles. The van der Waals surface area contributed by atoms with Gasteiger partial charge >= 0.3 is 0 Å². The molecule has 1 atom stereocenters. The number of aryl methyl sites for hydroxylation is 3. The van der Waals surface area contributed by atoms with Gasteiger partial charge in [0.2, 0.25) is 11.8 Å². The van der Waals surface area contributed by atoms with E-state index in [-0.39, 0.29) is 29.8 Å². The lowest BCUT2D eigenvalue weighted by atomic mass is 9.94. The topological polar surface area (TPSA) is 86.8 Å². The van der Waals surface area contributed by atoms with E-state index in [1.165, 1.54) is 4.31 Å². The molecule has 1 N–H and O–H groups in total. The molecule has 1 unspecified atom stereocenters. The van der Waals surface area contributed by atoms with Gasteiger partial charge in [0, 0.05) is 23.5 Å². The fraction of sp³-hybridized carbons (Fsp3) is 0.333. The van der Waals surface area contributed by atoms with Gasteiger partial charge in [0.1, 0.15) is 12.6 Å². The normalized spacial score (nSPS) is 14.2. The Kier molecular flexibility index (Phi) is 11.8. The zero-order valence-electron chi connectivity index (χ0n) is 27.9. The average Bonchev–Trinajstić information content (AvgIpc) is 3.06. The Morgan fingerprint density at radius 3 is 2.15 bits per heavy atom. The minimum atomic E-state index is -4.16. The predicted octanol–water partition coefficient (Wildman–Crippen LogP) is 7.66. The van der Waals surface area contributed by atoms with Crippen molar-refractivity contribution in [2.24, 2.45) is 0 Å². The smallest absolute Gasteiger partial charge is 0.264 e. The first-order chi connectivity index (χ1) is 23.0. The fourth-order valence-corrected chi connectivity index (χ4v) is 8.29. The van der Waals surface area contributed by atoms with E-state index in [9.17, 15) is 18.0 Å². The minimum absolute atomic E-state index is 0.0426. The van der Waals surface area contributed by atoms with Crippen LogP contribution in [-0.2, 0) is 32.6 Å². The van der Waals surface area contributed by atoms with Crippen LogP contribution in [0.4, 0.5) is 5.69 Å². The third-order valence-corrected chi connectivity index (χ3v) is 11.2. The molecule has 4 aromatic rings. The second-order valence-electron chi connectivity index (χ2n) is 12.8. The Morgan fingerprint density at radius 1 is 0.812 bits per heavy atom. The highest BCUT2D eigenvalue weighted by Crippen LogP contribution is 2.29. The van der Waals surface area contributed by atoms with E-state index >= 15 is 0 Å². The SMILES string of the molecule is Cc1ccc(S(=O)(=O)N(CC(=O)N(Cc2cccc(Br)c2)C(Cc2ccccc2)C(=O)NC2CCCCC2)c2ccc(C)cc2C)cc1. The Labute approximate surface area is 293 Å². The van der Waals surface area contributed by atoms with Gasteiger partial charge in [-0.2, -0.15) is 0 Å². The maximum atomic E-state index is 14.8. The van der Waals surface area contributed by atoms with Crippen LogP contribution >= 0.6 is 15.9 Å². The molecule has 0 radical (unpaired) electrons. The first kappa shape index (κ1) is 35.4. The number of amides is 2. The average molecular weight is 731 g/mol. The molecule has 1 aliphatic rings. The first-order valence-corrected chi connectivity index (χ1v) is 18.8. The number of nitrogens with one attached hydrogen (secondary N) is 1. The van der Waals surface area contributed by atoms with Crippen molar-refractivity contribution in [3.8, 4) is 0 Å². The Morgan fingerprint density at radius 2 is 1.48 bits per heavy atom. The van der Waals surface area contributed by atoms with E-state index in [0.29, 0.717) is 5.69 Å². The molecule has 2 amide bonds. The van der Waals surface area contributed by atoms with Crippen molar-refractivity contribution in [3.05, 3.63) is 129 Å². The van der Waals surface area contributed by atoms with E-state index in [2.05, 4.69) is 21.2 Å².